The Bertz CT molecular complexity index is 1220. The number of nitrogens with one attached hydrogen (secondary N) is 1. The Balaban J connectivity index is 1.87. The third-order valence-corrected chi connectivity index (χ3v) is 5.52. The molecule has 1 N–H and O–H groups in total. The molecule has 1 heterocycles. The Morgan fingerprint density at radius 1 is 0.645 bits per heavy atom. The maximum atomic E-state index is 13.6. The zero-order valence-corrected chi connectivity index (χ0v) is 18.5. The van der Waals surface area contributed by atoms with Gasteiger partial charge in [0.2, 0.25) is 0 Å². The van der Waals surface area contributed by atoms with Crippen LogP contribution < -0.4 is 10.2 Å². The summed E-state index contributed by atoms with van der Waals surface area (Å²) in [6.45, 7) is 9.92. The first kappa shape index (κ1) is 20.6. The lowest BCUT2D eigenvalue weighted by Crippen LogP contribution is -2.32. The molecule has 2 amide bonds. The fraction of sp³-hybridized carbons (Fsp3) is 0.185. The Kier molecular flexibility index (Phi) is 5.24. The van der Waals surface area contributed by atoms with Crippen LogP contribution in [0.2, 0.25) is 0 Å². The van der Waals surface area contributed by atoms with E-state index >= 15 is 0 Å². The highest BCUT2D eigenvalue weighted by atomic mass is 16.2. The molecule has 0 aromatic heterocycles. The van der Waals surface area contributed by atoms with Crippen molar-refractivity contribution in [1.29, 1.82) is 0 Å². The van der Waals surface area contributed by atoms with Crippen molar-refractivity contribution in [1.82, 2.24) is 0 Å². The van der Waals surface area contributed by atoms with Crippen LogP contribution in [0.3, 0.4) is 0 Å². The van der Waals surface area contributed by atoms with Crippen molar-refractivity contribution < 1.29 is 9.59 Å². The summed E-state index contributed by atoms with van der Waals surface area (Å²) in [4.78, 5) is 28.5. The van der Waals surface area contributed by atoms with Gasteiger partial charge in [0.25, 0.3) is 11.8 Å². The summed E-state index contributed by atoms with van der Waals surface area (Å²) < 4.78 is 0. The fourth-order valence-electron chi connectivity index (χ4n) is 4.09. The third kappa shape index (κ3) is 3.89. The highest BCUT2D eigenvalue weighted by molar-refractivity contribution is 6.46. The summed E-state index contributed by atoms with van der Waals surface area (Å²) in [7, 11) is 0. The van der Waals surface area contributed by atoms with E-state index in [1.165, 1.54) is 4.90 Å². The molecule has 0 atom stereocenters. The van der Waals surface area contributed by atoms with Crippen molar-refractivity contribution >= 4 is 28.8 Å². The van der Waals surface area contributed by atoms with E-state index in [1.807, 2.05) is 95.3 Å². The summed E-state index contributed by atoms with van der Waals surface area (Å²) in [6.07, 6.45) is 0. The molecule has 4 rings (SSSR count). The van der Waals surface area contributed by atoms with Gasteiger partial charge in [-0.25, -0.2) is 4.90 Å². The van der Waals surface area contributed by atoms with Crippen LogP contribution in [0.25, 0.3) is 5.57 Å². The zero-order chi connectivity index (χ0) is 22.3. The Hall–Kier alpha value is -3.66. The average Bonchev–Trinajstić information content (AvgIpc) is 2.93. The number of anilines is 2. The van der Waals surface area contributed by atoms with E-state index in [0.717, 1.165) is 39.1 Å². The standard InChI is InChI=1S/C27H26N2O2/c1-16-6-9-21(10-7-16)28-25-24(23-11-8-17(2)13-20(23)5)26(30)29(27(25)31)22-14-18(3)12-19(4)15-22/h6-15,28H,1-5H3. The van der Waals surface area contributed by atoms with Gasteiger partial charge in [0.15, 0.2) is 0 Å². The first-order chi connectivity index (χ1) is 14.7. The molecule has 1 aliphatic rings. The minimum absolute atomic E-state index is 0.306. The lowest BCUT2D eigenvalue weighted by molar-refractivity contribution is -0.120. The summed E-state index contributed by atoms with van der Waals surface area (Å²) >= 11 is 0. The average molecular weight is 411 g/mol. The second kappa shape index (κ2) is 7.88. The number of carbonyl (C=O) groups is 2. The van der Waals surface area contributed by atoms with Crippen LogP contribution in [-0.4, -0.2) is 11.8 Å². The molecular weight excluding hydrogens is 384 g/mol. The van der Waals surface area contributed by atoms with E-state index < -0.39 is 0 Å². The molecule has 0 unspecified atom stereocenters. The SMILES string of the molecule is Cc1ccc(NC2=C(c3ccc(C)cc3C)C(=O)N(c3cc(C)cc(C)c3)C2=O)cc1. The molecular formula is C27H26N2O2. The molecule has 1 aliphatic heterocycles. The summed E-state index contributed by atoms with van der Waals surface area (Å²) in [5.74, 6) is -0.651. The largest absolute Gasteiger partial charge is 0.350 e. The molecule has 156 valence electrons. The number of nitrogens with zero attached hydrogens (tertiary/aromatic N) is 1. The van der Waals surface area contributed by atoms with Crippen molar-refractivity contribution in [3.63, 3.8) is 0 Å². The zero-order valence-electron chi connectivity index (χ0n) is 18.5. The number of benzene rings is 3. The lowest BCUT2D eigenvalue weighted by atomic mass is 9.97. The monoisotopic (exact) mass is 410 g/mol. The van der Waals surface area contributed by atoms with Crippen molar-refractivity contribution in [2.24, 2.45) is 0 Å². The van der Waals surface area contributed by atoms with Gasteiger partial charge >= 0.3 is 0 Å². The number of hydrogen-bond acceptors (Lipinski definition) is 3. The topological polar surface area (TPSA) is 49.4 Å². The number of hydrogen-bond donors (Lipinski definition) is 1. The highest BCUT2D eigenvalue weighted by Gasteiger charge is 2.40. The third-order valence-electron chi connectivity index (χ3n) is 5.52. The number of imide groups is 1. The molecule has 0 saturated heterocycles. The number of carbonyl (C=O) groups excluding carboxylic acids is 2. The van der Waals surface area contributed by atoms with Gasteiger partial charge in [-0.2, -0.15) is 0 Å². The van der Waals surface area contributed by atoms with Gasteiger partial charge in [-0.05, 0) is 81.1 Å². The van der Waals surface area contributed by atoms with Gasteiger partial charge in [-0.3, -0.25) is 9.59 Å². The van der Waals surface area contributed by atoms with Crippen LogP contribution in [0.5, 0.6) is 0 Å². The lowest BCUT2D eigenvalue weighted by Gasteiger charge is -2.17. The second-order valence-corrected chi connectivity index (χ2v) is 8.35. The first-order valence-corrected chi connectivity index (χ1v) is 10.4. The van der Waals surface area contributed by atoms with Gasteiger partial charge < -0.3 is 5.32 Å². The number of amides is 2. The summed E-state index contributed by atoms with van der Waals surface area (Å²) in [6, 6.07) is 19.5. The van der Waals surface area contributed by atoms with Crippen LogP contribution in [0.4, 0.5) is 11.4 Å². The van der Waals surface area contributed by atoms with Gasteiger partial charge in [0.1, 0.15) is 5.70 Å². The maximum Gasteiger partial charge on any atom is 0.282 e. The van der Waals surface area contributed by atoms with E-state index in [9.17, 15) is 9.59 Å². The Morgan fingerprint density at radius 2 is 1.26 bits per heavy atom. The van der Waals surface area contributed by atoms with E-state index in [0.29, 0.717) is 17.0 Å². The smallest absolute Gasteiger partial charge is 0.282 e. The van der Waals surface area contributed by atoms with Crippen molar-refractivity contribution in [3.8, 4) is 0 Å². The van der Waals surface area contributed by atoms with Crippen molar-refractivity contribution in [3.05, 3.63) is 99.7 Å². The van der Waals surface area contributed by atoms with Crippen LogP contribution in [-0.2, 0) is 9.59 Å². The maximum absolute atomic E-state index is 13.6. The minimum Gasteiger partial charge on any atom is -0.350 e. The van der Waals surface area contributed by atoms with Crippen molar-refractivity contribution in [2.45, 2.75) is 34.6 Å². The first-order valence-electron chi connectivity index (χ1n) is 10.4. The normalized spacial score (nSPS) is 13.9. The molecule has 31 heavy (non-hydrogen) atoms. The highest BCUT2D eigenvalue weighted by Crippen LogP contribution is 2.35. The summed E-state index contributed by atoms with van der Waals surface area (Å²) in [5.41, 5.74) is 8.04. The Labute approximate surface area is 183 Å². The van der Waals surface area contributed by atoms with Gasteiger partial charge in [0, 0.05) is 5.69 Å². The van der Waals surface area contributed by atoms with E-state index in [4.69, 9.17) is 0 Å². The van der Waals surface area contributed by atoms with Crippen LogP contribution in [0.15, 0.2) is 66.4 Å². The molecule has 0 saturated carbocycles. The molecule has 0 bridgehead atoms. The van der Waals surface area contributed by atoms with Gasteiger partial charge in [-0.15, -0.1) is 0 Å². The van der Waals surface area contributed by atoms with Crippen LogP contribution >= 0.6 is 0 Å². The Morgan fingerprint density at radius 3 is 1.87 bits per heavy atom. The predicted molar refractivity (Wildman–Crippen MR) is 126 cm³/mol. The second-order valence-electron chi connectivity index (χ2n) is 8.35. The van der Waals surface area contributed by atoms with Gasteiger partial charge in [-0.1, -0.05) is 47.5 Å². The van der Waals surface area contributed by atoms with E-state index in [-0.39, 0.29) is 11.8 Å². The quantitative estimate of drug-likeness (QED) is 0.568. The molecule has 3 aromatic rings. The van der Waals surface area contributed by atoms with E-state index in [2.05, 4.69) is 5.32 Å². The molecule has 0 spiro atoms. The molecule has 0 aliphatic carbocycles. The summed E-state index contributed by atoms with van der Waals surface area (Å²) in [5, 5.41) is 3.24. The molecule has 0 radical (unpaired) electrons. The van der Waals surface area contributed by atoms with Crippen LogP contribution in [0, 0.1) is 34.6 Å². The van der Waals surface area contributed by atoms with Crippen LogP contribution in [0.1, 0.15) is 33.4 Å². The minimum atomic E-state index is -0.342. The predicted octanol–water partition coefficient (Wildman–Crippen LogP) is 5.63. The molecule has 4 heteroatoms. The molecule has 4 nitrogen and oxygen atoms in total. The van der Waals surface area contributed by atoms with Crippen molar-refractivity contribution in [2.75, 3.05) is 10.2 Å². The number of rotatable bonds is 4. The van der Waals surface area contributed by atoms with E-state index in [1.54, 1.807) is 0 Å². The van der Waals surface area contributed by atoms with Gasteiger partial charge in [0.05, 0.1) is 11.3 Å². The molecule has 3 aromatic carbocycles. The fourth-order valence-corrected chi connectivity index (χ4v) is 4.09. The number of aryl methyl sites for hydroxylation is 5. The molecule has 0 fully saturated rings.